The molecule has 2 saturated heterocycles. The Morgan fingerprint density at radius 1 is 1.55 bits per heavy atom. The van der Waals surface area contributed by atoms with Gasteiger partial charge in [-0.05, 0) is 25.5 Å². The molecule has 0 saturated carbocycles. The number of amides is 2. The Hall–Kier alpha value is -1.15. The highest BCUT2D eigenvalue weighted by molar-refractivity contribution is 7.16. The van der Waals surface area contributed by atoms with E-state index in [9.17, 15) is 14.7 Å². The molecular formula is C14H18ClN3O3S. The minimum absolute atomic E-state index is 0.0633. The molecule has 2 amide bonds. The van der Waals surface area contributed by atoms with E-state index in [0.717, 1.165) is 9.21 Å². The molecule has 3 N–H and O–H groups in total. The molecule has 0 unspecified atom stereocenters. The first-order valence-corrected chi connectivity index (χ1v) is 8.41. The van der Waals surface area contributed by atoms with Crippen molar-refractivity contribution in [2.24, 2.45) is 0 Å². The van der Waals surface area contributed by atoms with Crippen LogP contribution in [0, 0.1) is 0 Å². The number of piperazine rings is 1. The van der Waals surface area contributed by atoms with Gasteiger partial charge in [0.15, 0.2) is 0 Å². The van der Waals surface area contributed by atoms with Crippen LogP contribution >= 0.6 is 22.9 Å². The van der Waals surface area contributed by atoms with Crippen molar-refractivity contribution in [2.45, 2.75) is 44.1 Å². The molecule has 3 heterocycles. The number of hydrogen-bond acceptors (Lipinski definition) is 5. The highest BCUT2D eigenvalue weighted by Crippen LogP contribution is 2.25. The van der Waals surface area contributed by atoms with Crippen LogP contribution in [0.5, 0.6) is 0 Å². The van der Waals surface area contributed by atoms with Gasteiger partial charge in [0, 0.05) is 24.0 Å². The quantitative estimate of drug-likeness (QED) is 0.736. The largest absolute Gasteiger partial charge is 0.391 e. The maximum absolute atomic E-state index is 12.3. The summed E-state index contributed by atoms with van der Waals surface area (Å²) in [5, 5.41) is 15.6. The standard InChI is InChI=1S/C14H18ClN3O3S/c1-7(19)12-14(21)18-6-8(4-10(18)13(20)17-12)16-5-9-2-3-11(15)22-9/h2-3,7-8,10,12,16,19H,4-6H2,1H3,(H,17,20)/t7-,8-,10-,12+/m0/s1. The van der Waals surface area contributed by atoms with Gasteiger partial charge in [-0.25, -0.2) is 0 Å². The van der Waals surface area contributed by atoms with Gasteiger partial charge in [0.1, 0.15) is 12.1 Å². The lowest BCUT2D eigenvalue weighted by atomic mass is 10.0. The highest BCUT2D eigenvalue weighted by Gasteiger charge is 2.47. The molecule has 120 valence electrons. The van der Waals surface area contributed by atoms with Crippen molar-refractivity contribution in [1.82, 2.24) is 15.5 Å². The summed E-state index contributed by atoms with van der Waals surface area (Å²) in [4.78, 5) is 27.1. The molecule has 2 fully saturated rings. The van der Waals surface area contributed by atoms with Crippen LogP contribution in [-0.2, 0) is 16.1 Å². The minimum Gasteiger partial charge on any atom is -0.391 e. The van der Waals surface area contributed by atoms with Crippen molar-refractivity contribution in [1.29, 1.82) is 0 Å². The summed E-state index contributed by atoms with van der Waals surface area (Å²) in [6.07, 6.45) is -0.305. The molecule has 8 heteroatoms. The van der Waals surface area contributed by atoms with Gasteiger partial charge >= 0.3 is 0 Å². The number of nitrogens with one attached hydrogen (secondary N) is 2. The molecule has 0 aliphatic carbocycles. The van der Waals surface area contributed by atoms with Crippen LogP contribution in [0.25, 0.3) is 0 Å². The predicted octanol–water partition coefficient (Wildman–Crippen LogP) is 0.340. The zero-order chi connectivity index (χ0) is 15.9. The molecule has 3 rings (SSSR count). The van der Waals surface area contributed by atoms with Crippen molar-refractivity contribution in [3.63, 3.8) is 0 Å². The Balaban J connectivity index is 1.62. The molecule has 1 aromatic heterocycles. The zero-order valence-electron chi connectivity index (χ0n) is 12.1. The summed E-state index contributed by atoms with van der Waals surface area (Å²) in [5.41, 5.74) is 0. The van der Waals surface area contributed by atoms with Gasteiger partial charge in [0.25, 0.3) is 0 Å². The summed E-state index contributed by atoms with van der Waals surface area (Å²) in [6.45, 7) is 2.66. The molecule has 22 heavy (non-hydrogen) atoms. The molecule has 0 spiro atoms. The molecule has 0 aromatic carbocycles. The lowest BCUT2D eigenvalue weighted by Crippen LogP contribution is -2.64. The van der Waals surface area contributed by atoms with Crippen molar-refractivity contribution in [3.8, 4) is 0 Å². The van der Waals surface area contributed by atoms with E-state index in [1.807, 2.05) is 12.1 Å². The number of aliphatic hydroxyl groups excluding tert-OH is 1. The lowest BCUT2D eigenvalue weighted by molar-refractivity contribution is -0.149. The highest BCUT2D eigenvalue weighted by atomic mass is 35.5. The van der Waals surface area contributed by atoms with E-state index in [4.69, 9.17) is 11.6 Å². The fourth-order valence-corrected chi connectivity index (χ4v) is 4.02. The molecule has 0 bridgehead atoms. The van der Waals surface area contributed by atoms with E-state index in [2.05, 4.69) is 10.6 Å². The van der Waals surface area contributed by atoms with Gasteiger partial charge in [-0.2, -0.15) is 0 Å². The van der Waals surface area contributed by atoms with Crippen molar-refractivity contribution < 1.29 is 14.7 Å². The Morgan fingerprint density at radius 2 is 2.32 bits per heavy atom. The first kappa shape index (κ1) is 15.7. The second kappa shape index (κ2) is 6.16. The lowest BCUT2D eigenvalue weighted by Gasteiger charge is -2.35. The monoisotopic (exact) mass is 343 g/mol. The van der Waals surface area contributed by atoms with Gasteiger partial charge < -0.3 is 20.6 Å². The minimum atomic E-state index is -0.891. The summed E-state index contributed by atoms with van der Waals surface area (Å²) in [7, 11) is 0. The molecule has 6 nitrogen and oxygen atoms in total. The van der Waals surface area contributed by atoms with Gasteiger partial charge in [-0.3, -0.25) is 9.59 Å². The van der Waals surface area contributed by atoms with Gasteiger partial charge in [0.05, 0.1) is 10.4 Å². The van der Waals surface area contributed by atoms with E-state index in [1.165, 1.54) is 18.3 Å². The number of rotatable bonds is 4. The Labute approximate surface area is 137 Å². The van der Waals surface area contributed by atoms with Crippen LogP contribution in [0.15, 0.2) is 12.1 Å². The van der Waals surface area contributed by atoms with Gasteiger partial charge in [-0.15, -0.1) is 11.3 Å². The number of carbonyl (C=O) groups excluding carboxylic acids is 2. The maximum Gasteiger partial charge on any atom is 0.248 e. The SMILES string of the molecule is C[C@H](O)[C@H]1NC(=O)[C@@H]2C[C@H](NCc3ccc(Cl)s3)CN2C1=O. The third-order valence-electron chi connectivity index (χ3n) is 4.13. The van der Waals surface area contributed by atoms with Crippen LogP contribution in [0.1, 0.15) is 18.2 Å². The number of fused-ring (bicyclic) bond motifs is 1. The van der Waals surface area contributed by atoms with Crippen molar-refractivity contribution in [3.05, 3.63) is 21.3 Å². The first-order chi connectivity index (χ1) is 10.5. The average molecular weight is 344 g/mol. The average Bonchev–Trinajstić information content (AvgIpc) is 3.07. The smallest absolute Gasteiger partial charge is 0.248 e. The van der Waals surface area contributed by atoms with Crippen LogP contribution in [-0.4, -0.2) is 52.6 Å². The topological polar surface area (TPSA) is 81.7 Å². The second-order valence-corrected chi connectivity index (χ2v) is 7.55. The van der Waals surface area contributed by atoms with E-state index in [0.29, 0.717) is 19.5 Å². The van der Waals surface area contributed by atoms with Crippen LogP contribution in [0.4, 0.5) is 0 Å². The number of nitrogens with zero attached hydrogens (tertiary/aromatic N) is 1. The Bertz CT molecular complexity index is 592. The zero-order valence-corrected chi connectivity index (χ0v) is 13.7. The van der Waals surface area contributed by atoms with Crippen LogP contribution in [0.3, 0.4) is 0 Å². The van der Waals surface area contributed by atoms with Crippen LogP contribution in [0.2, 0.25) is 4.34 Å². The van der Waals surface area contributed by atoms with Crippen molar-refractivity contribution in [2.75, 3.05) is 6.54 Å². The summed E-state index contributed by atoms with van der Waals surface area (Å²) < 4.78 is 0.745. The Kier molecular flexibility index (Phi) is 4.40. The third kappa shape index (κ3) is 2.99. The van der Waals surface area contributed by atoms with E-state index >= 15 is 0 Å². The molecule has 4 atom stereocenters. The maximum atomic E-state index is 12.3. The molecule has 0 radical (unpaired) electrons. The molecule has 2 aliphatic rings. The normalized spacial score (nSPS) is 29.4. The fraction of sp³-hybridized carbons (Fsp3) is 0.571. The van der Waals surface area contributed by atoms with E-state index in [-0.39, 0.29) is 17.9 Å². The molecule has 2 aliphatic heterocycles. The number of halogens is 1. The third-order valence-corrected chi connectivity index (χ3v) is 5.36. The van der Waals surface area contributed by atoms with E-state index in [1.54, 1.807) is 4.90 Å². The molecule has 1 aromatic rings. The van der Waals surface area contributed by atoms with Gasteiger partial charge in [-0.1, -0.05) is 11.6 Å². The molecular weight excluding hydrogens is 326 g/mol. The number of aliphatic hydroxyl groups is 1. The summed E-state index contributed by atoms with van der Waals surface area (Å²) >= 11 is 7.41. The van der Waals surface area contributed by atoms with Gasteiger partial charge in [0.2, 0.25) is 11.8 Å². The number of hydrogen-bond donors (Lipinski definition) is 3. The first-order valence-electron chi connectivity index (χ1n) is 7.22. The van der Waals surface area contributed by atoms with Crippen LogP contribution < -0.4 is 10.6 Å². The summed E-state index contributed by atoms with van der Waals surface area (Å²) in [5.74, 6) is -0.392. The fourth-order valence-electron chi connectivity index (χ4n) is 2.98. The second-order valence-electron chi connectivity index (χ2n) is 5.75. The van der Waals surface area contributed by atoms with Crippen molar-refractivity contribution >= 4 is 34.8 Å². The number of carbonyl (C=O) groups is 2. The predicted molar refractivity (Wildman–Crippen MR) is 83.7 cm³/mol. The number of thiophene rings is 1. The Morgan fingerprint density at radius 3 is 2.95 bits per heavy atom. The summed E-state index contributed by atoms with van der Waals surface area (Å²) in [6, 6.07) is 2.61. The van der Waals surface area contributed by atoms with E-state index < -0.39 is 18.2 Å².